The third-order valence-electron chi connectivity index (χ3n) is 5.42. The molecule has 0 saturated heterocycles. The van der Waals surface area contributed by atoms with E-state index in [1.165, 1.54) is 0 Å². The van der Waals surface area contributed by atoms with E-state index in [-0.39, 0.29) is 11.7 Å². The summed E-state index contributed by atoms with van der Waals surface area (Å²) in [5.41, 5.74) is 3.32. The number of carbonyl (C=O) groups is 1. The van der Waals surface area contributed by atoms with Crippen LogP contribution in [0.5, 0.6) is 5.75 Å². The van der Waals surface area contributed by atoms with Gasteiger partial charge in [0.05, 0.1) is 5.57 Å². The molecule has 5 rings (SSSR count). The number of hydrogen-bond donors (Lipinski definition) is 3. The predicted octanol–water partition coefficient (Wildman–Crippen LogP) is 5.23. The van der Waals surface area contributed by atoms with Crippen molar-refractivity contribution in [2.24, 2.45) is 0 Å². The third-order valence-corrected chi connectivity index (χ3v) is 5.67. The van der Waals surface area contributed by atoms with Crippen molar-refractivity contribution in [3.8, 4) is 17.1 Å². The number of para-hydroxylation sites is 1. The fourth-order valence-corrected chi connectivity index (χ4v) is 4.02. The molecule has 0 aliphatic carbocycles. The molecule has 164 valence electrons. The van der Waals surface area contributed by atoms with Gasteiger partial charge >= 0.3 is 0 Å². The number of rotatable bonds is 4. The molecule has 2 heterocycles. The Morgan fingerprint density at radius 2 is 1.82 bits per heavy atom. The van der Waals surface area contributed by atoms with E-state index in [4.69, 9.17) is 16.7 Å². The highest BCUT2D eigenvalue weighted by atomic mass is 35.5. The van der Waals surface area contributed by atoms with Gasteiger partial charge < -0.3 is 15.7 Å². The van der Waals surface area contributed by atoms with Crippen molar-refractivity contribution in [1.29, 1.82) is 0 Å². The van der Waals surface area contributed by atoms with Crippen LogP contribution in [0.2, 0.25) is 5.02 Å². The molecule has 1 aliphatic heterocycles. The van der Waals surface area contributed by atoms with Crippen LogP contribution in [-0.4, -0.2) is 25.8 Å². The number of carbonyl (C=O) groups excluding carboxylic acids is 1. The van der Waals surface area contributed by atoms with Gasteiger partial charge in [0.2, 0.25) is 5.95 Å². The molecule has 7 nitrogen and oxygen atoms in total. The van der Waals surface area contributed by atoms with E-state index in [1.54, 1.807) is 35.0 Å². The molecular weight excluding hydrogens is 438 g/mol. The first-order chi connectivity index (χ1) is 16.0. The van der Waals surface area contributed by atoms with Crippen LogP contribution in [0.25, 0.3) is 11.4 Å². The van der Waals surface area contributed by atoms with Crippen LogP contribution in [0, 0.1) is 0 Å². The van der Waals surface area contributed by atoms with Gasteiger partial charge in [-0.05, 0) is 61.0 Å². The van der Waals surface area contributed by atoms with Crippen molar-refractivity contribution in [3.63, 3.8) is 0 Å². The van der Waals surface area contributed by atoms with Crippen molar-refractivity contribution in [3.05, 3.63) is 101 Å². The lowest BCUT2D eigenvalue weighted by atomic mass is 9.95. The van der Waals surface area contributed by atoms with Crippen LogP contribution >= 0.6 is 11.6 Å². The van der Waals surface area contributed by atoms with Gasteiger partial charge in [-0.3, -0.25) is 4.79 Å². The topological polar surface area (TPSA) is 92.1 Å². The first-order valence-corrected chi connectivity index (χ1v) is 10.7. The standard InChI is InChI=1S/C25H20ClN5O2/c1-15-21(24(33)28-19-7-3-2-4-8-19)22(17-6-5-9-20(32)14-17)31-25(27-15)29-23(30-31)16-10-12-18(26)13-11-16/h2-14,22,32H,1H3,(H,28,33)(H,27,29,30)/t22-/m0/s1. The van der Waals surface area contributed by atoms with Gasteiger partial charge in [-0.2, -0.15) is 4.98 Å². The van der Waals surface area contributed by atoms with Gasteiger partial charge in [0.25, 0.3) is 5.91 Å². The second kappa shape index (κ2) is 8.44. The Morgan fingerprint density at radius 3 is 2.55 bits per heavy atom. The van der Waals surface area contributed by atoms with Crippen molar-refractivity contribution < 1.29 is 9.90 Å². The second-order valence-electron chi connectivity index (χ2n) is 7.69. The lowest BCUT2D eigenvalue weighted by Crippen LogP contribution is -2.31. The van der Waals surface area contributed by atoms with Crippen molar-refractivity contribution in [2.75, 3.05) is 10.6 Å². The summed E-state index contributed by atoms with van der Waals surface area (Å²) in [6, 6.07) is 22.7. The van der Waals surface area contributed by atoms with Gasteiger partial charge in [0.1, 0.15) is 11.8 Å². The molecule has 4 aromatic rings. The quantitative estimate of drug-likeness (QED) is 0.390. The molecule has 3 N–H and O–H groups in total. The molecule has 1 atom stereocenters. The molecule has 1 amide bonds. The molecule has 0 bridgehead atoms. The Morgan fingerprint density at radius 1 is 1.06 bits per heavy atom. The highest BCUT2D eigenvalue weighted by molar-refractivity contribution is 6.30. The highest BCUT2D eigenvalue weighted by Crippen LogP contribution is 2.37. The minimum absolute atomic E-state index is 0.103. The molecule has 8 heteroatoms. The van der Waals surface area contributed by atoms with Crippen LogP contribution in [0.3, 0.4) is 0 Å². The average Bonchev–Trinajstić information content (AvgIpc) is 3.22. The predicted molar refractivity (Wildman–Crippen MR) is 128 cm³/mol. The van der Waals surface area contributed by atoms with E-state index < -0.39 is 6.04 Å². The molecule has 0 radical (unpaired) electrons. The maximum absolute atomic E-state index is 13.4. The number of aromatic nitrogens is 3. The minimum Gasteiger partial charge on any atom is -0.508 e. The van der Waals surface area contributed by atoms with E-state index >= 15 is 0 Å². The van der Waals surface area contributed by atoms with Gasteiger partial charge in [-0.15, -0.1) is 5.10 Å². The number of phenols is 1. The van der Waals surface area contributed by atoms with Crippen molar-refractivity contribution >= 4 is 29.1 Å². The fourth-order valence-electron chi connectivity index (χ4n) is 3.89. The van der Waals surface area contributed by atoms with E-state index in [0.29, 0.717) is 39.3 Å². The number of phenolic OH excluding ortho intramolecular Hbond substituents is 1. The number of allylic oxidation sites excluding steroid dienone is 1. The summed E-state index contributed by atoms with van der Waals surface area (Å²) in [5.74, 6) is 0.832. The van der Waals surface area contributed by atoms with Crippen LogP contribution in [0.15, 0.2) is 90.1 Å². The Labute approximate surface area is 195 Å². The van der Waals surface area contributed by atoms with Crippen molar-refractivity contribution in [2.45, 2.75) is 13.0 Å². The zero-order valence-electron chi connectivity index (χ0n) is 17.7. The highest BCUT2D eigenvalue weighted by Gasteiger charge is 2.34. The van der Waals surface area contributed by atoms with Gasteiger partial charge in [-0.1, -0.05) is 41.9 Å². The van der Waals surface area contributed by atoms with Crippen LogP contribution in [-0.2, 0) is 4.79 Å². The zero-order chi connectivity index (χ0) is 22.9. The minimum atomic E-state index is -0.592. The first-order valence-electron chi connectivity index (χ1n) is 10.4. The first kappa shape index (κ1) is 20.8. The molecule has 3 aromatic carbocycles. The maximum Gasteiger partial charge on any atom is 0.255 e. The number of amides is 1. The van der Waals surface area contributed by atoms with Gasteiger partial charge in [0.15, 0.2) is 5.82 Å². The Bertz CT molecular complexity index is 1360. The fraction of sp³-hybridized carbons (Fsp3) is 0.0800. The summed E-state index contributed by atoms with van der Waals surface area (Å²) >= 11 is 6.02. The zero-order valence-corrected chi connectivity index (χ0v) is 18.4. The Hall–Kier alpha value is -4.10. The largest absolute Gasteiger partial charge is 0.508 e. The van der Waals surface area contributed by atoms with Crippen LogP contribution in [0.1, 0.15) is 18.5 Å². The second-order valence-corrected chi connectivity index (χ2v) is 8.13. The number of hydrogen-bond acceptors (Lipinski definition) is 5. The smallest absolute Gasteiger partial charge is 0.255 e. The lowest BCUT2D eigenvalue weighted by molar-refractivity contribution is -0.113. The van der Waals surface area contributed by atoms with Crippen molar-refractivity contribution in [1.82, 2.24) is 14.8 Å². The Balaban J connectivity index is 1.61. The summed E-state index contributed by atoms with van der Waals surface area (Å²) in [4.78, 5) is 18.1. The summed E-state index contributed by atoms with van der Waals surface area (Å²) < 4.78 is 1.67. The number of halogens is 1. The third kappa shape index (κ3) is 4.06. The summed E-state index contributed by atoms with van der Waals surface area (Å²) in [5, 5.41) is 21.6. The number of nitrogens with one attached hydrogen (secondary N) is 2. The summed E-state index contributed by atoms with van der Waals surface area (Å²) in [6.45, 7) is 1.83. The lowest BCUT2D eigenvalue weighted by Gasteiger charge is -2.28. The summed E-state index contributed by atoms with van der Waals surface area (Å²) in [7, 11) is 0. The van der Waals surface area contributed by atoms with Crippen LogP contribution < -0.4 is 10.6 Å². The number of anilines is 2. The van der Waals surface area contributed by atoms with Gasteiger partial charge in [0, 0.05) is 22.0 Å². The van der Waals surface area contributed by atoms with Gasteiger partial charge in [-0.25, -0.2) is 4.68 Å². The van der Waals surface area contributed by atoms with E-state index in [0.717, 1.165) is 5.56 Å². The number of fused-ring (bicyclic) bond motifs is 1. The maximum atomic E-state index is 13.4. The SMILES string of the molecule is CC1=C(C(=O)Nc2ccccc2)[C@H](c2cccc(O)c2)n2nc(-c3ccc(Cl)cc3)nc2N1. The molecule has 33 heavy (non-hydrogen) atoms. The number of benzene rings is 3. The molecule has 0 spiro atoms. The number of aromatic hydroxyl groups is 1. The monoisotopic (exact) mass is 457 g/mol. The number of nitrogens with zero attached hydrogens (tertiary/aromatic N) is 3. The molecule has 0 fully saturated rings. The van der Waals surface area contributed by atoms with E-state index in [2.05, 4.69) is 15.6 Å². The molecule has 0 unspecified atom stereocenters. The average molecular weight is 458 g/mol. The van der Waals surface area contributed by atoms with E-state index in [9.17, 15) is 9.90 Å². The molecule has 0 saturated carbocycles. The summed E-state index contributed by atoms with van der Waals surface area (Å²) in [6.07, 6.45) is 0. The Kier molecular flexibility index (Phi) is 5.32. The van der Waals surface area contributed by atoms with E-state index in [1.807, 2.05) is 55.5 Å². The molecule has 1 aliphatic rings. The normalized spacial score (nSPS) is 15.0. The van der Waals surface area contributed by atoms with Crippen LogP contribution in [0.4, 0.5) is 11.6 Å². The molecular formula is C25H20ClN5O2. The molecule has 1 aromatic heterocycles.